The molecule has 15 heteroatoms. The minimum Gasteiger partial charge on any atom is -0.462 e. The molecule has 3 fully saturated rings. The van der Waals surface area contributed by atoms with Gasteiger partial charge in [-0.05, 0) is 90.9 Å². The van der Waals surface area contributed by atoms with E-state index in [1.165, 1.54) is 20.6 Å². The highest BCUT2D eigenvalue weighted by molar-refractivity contribution is 5.91. The number of carbonyl (C=O) groups excluding carboxylic acids is 2. The summed E-state index contributed by atoms with van der Waals surface area (Å²) in [7, 11) is 6.54. The number of rotatable bonds is 12. The second kappa shape index (κ2) is 23.9. The molecule has 352 valence electrons. The van der Waals surface area contributed by atoms with Gasteiger partial charge in [0.15, 0.2) is 18.4 Å². The summed E-state index contributed by atoms with van der Waals surface area (Å²) in [6, 6.07) is -0.684. The largest absolute Gasteiger partial charge is 0.462 e. The summed E-state index contributed by atoms with van der Waals surface area (Å²) in [6.45, 7) is 18.2. The van der Waals surface area contributed by atoms with Crippen LogP contribution in [-0.4, -0.2) is 176 Å². The number of hydrogen-bond acceptors (Lipinski definition) is 15. The average molecular weight is 869 g/mol. The summed E-state index contributed by atoms with van der Waals surface area (Å²) in [5, 5.41) is 45.3. The zero-order valence-electron chi connectivity index (χ0n) is 38.9. The highest BCUT2D eigenvalue weighted by Gasteiger charge is 2.48. The van der Waals surface area contributed by atoms with Gasteiger partial charge in [-0.25, -0.2) is 0 Å². The third kappa shape index (κ3) is 13.8. The molecule has 0 aliphatic carbocycles. The highest BCUT2D eigenvalue weighted by atomic mass is 16.7. The van der Waals surface area contributed by atoms with Crippen LogP contribution in [0.15, 0.2) is 23.8 Å². The number of aliphatic hydroxyl groups is 4. The summed E-state index contributed by atoms with van der Waals surface area (Å²) in [4.78, 5) is 32.1. The molecule has 0 aromatic rings. The number of likely N-dealkylation sites (N-methyl/N-ethyl adjacent to an activating group) is 1. The van der Waals surface area contributed by atoms with Crippen molar-refractivity contribution in [1.29, 1.82) is 0 Å². The normalized spacial score (nSPS) is 44.3. The van der Waals surface area contributed by atoms with Crippen LogP contribution in [0.25, 0.3) is 0 Å². The van der Waals surface area contributed by atoms with E-state index in [1.54, 1.807) is 45.0 Å². The number of ether oxygens (including phenoxy) is 7. The molecule has 15 nitrogen and oxygen atoms in total. The van der Waals surface area contributed by atoms with Crippen molar-refractivity contribution >= 4 is 11.8 Å². The number of allylic oxidation sites excluding steroid dienone is 3. The van der Waals surface area contributed by atoms with Crippen molar-refractivity contribution in [3.8, 4) is 0 Å². The number of esters is 1. The Labute approximate surface area is 365 Å². The van der Waals surface area contributed by atoms with Crippen molar-refractivity contribution in [3.05, 3.63) is 23.8 Å². The van der Waals surface area contributed by atoms with Crippen LogP contribution in [0.4, 0.5) is 0 Å². The van der Waals surface area contributed by atoms with Crippen LogP contribution in [0.1, 0.15) is 87.5 Å². The lowest BCUT2D eigenvalue weighted by Crippen LogP contribution is -2.63. The number of aliphatic hydroxyl groups excluding tert-OH is 4. The van der Waals surface area contributed by atoms with Crippen molar-refractivity contribution < 1.29 is 63.2 Å². The van der Waals surface area contributed by atoms with E-state index >= 15 is 0 Å². The van der Waals surface area contributed by atoms with Crippen LogP contribution in [-0.2, 0) is 42.7 Å². The lowest BCUT2D eigenvalue weighted by atomic mass is 9.79. The maximum atomic E-state index is 14.0. The average Bonchev–Trinajstić information content (AvgIpc) is 3.19. The Morgan fingerprint density at radius 2 is 1.44 bits per heavy atom. The van der Waals surface area contributed by atoms with E-state index in [-0.39, 0.29) is 24.7 Å². The number of likely N-dealkylation sites (tertiary alicyclic amines) is 1. The molecular weight excluding hydrogens is 789 g/mol. The van der Waals surface area contributed by atoms with E-state index in [1.807, 2.05) is 33.8 Å². The van der Waals surface area contributed by atoms with Crippen LogP contribution in [0.3, 0.4) is 0 Å². The predicted octanol–water partition coefficient (Wildman–Crippen LogP) is 3.34. The first kappa shape index (κ1) is 51.8. The fourth-order valence-electron chi connectivity index (χ4n) is 10.0. The summed E-state index contributed by atoms with van der Waals surface area (Å²) in [5.41, 5.74) is 0.761. The Morgan fingerprint density at radius 1 is 0.820 bits per heavy atom. The Bertz CT molecular complexity index is 1420. The fraction of sp³-hybridized carbons (Fsp3) is 0.870. The minimum absolute atomic E-state index is 0.0427. The lowest BCUT2D eigenvalue weighted by Gasteiger charge is -2.47. The van der Waals surface area contributed by atoms with Crippen molar-refractivity contribution in [2.24, 2.45) is 35.5 Å². The number of cyclic esters (lactones) is 1. The standard InChI is InChI=1S/C46H80N2O13/c1-13-36-33(24-57-46-44(56-12)43(55-11)40(53)31(8)59-46)19-25(2)14-15-34(49)28(5)20-32(16-17-48-22-26(3)18-27(4)23-48)42(29(6)35(50)21-37(51)60-36)61-45-41(54)38(47(9)10)39(52)30(7)58-45/h14-15,19,26-33,35-36,38-46,50,52-54H,13,16-18,20-24H2,1-12H3/b15-14+,25-19+/t26?,27?,28-,29+,30?,31?,32+,33-,35-,36-,38?,39-,40-,41?,42-,43?,44+,45+,46+/m1/s1. The SMILES string of the molecule is CC[C@H]1OC(=O)C[C@@H](O)[C@H](C)[C@@H](O[C@@H]2OC(C)[C@@H](O)C(N(C)C)C2O)[C@@H](CCN2CC(C)CC(C)C2)C[C@@H](C)C(=O)/C=C/C(C)=C/[C@@H]1CO[C@H]1OC(C)[C@@H](O)C(OC)[C@@H]1OC. The second-order valence-corrected chi connectivity index (χ2v) is 18.9. The molecule has 4 rings (SSSR count). The van der Waals surface area contributed by atoms with Gasteiger partial charge in [0.1, 0.15) is 30.5 Å². The Hall–Kier alpha value is -1.86. The first-order valence-corrected chi connectivity index (χ1v) is 22.6. The second-order valence-electron chi connectivity index (χ2n) is 18.9. The Morgan fingerprint density at radius 3 is 2.05 bits per heavy atom. The minimum atomic E-state index is -1.23. The molecule has 0 radical (unpaired) electrons. The molecule has 4 heterocycles. The molecule has 4 aliphatic rings. The fourth-order valence-corrected chi connectivity index (χ4v) is 10.0. The van der Waals surface area contributed by atoms with Crippen molar-refractivity contribution in [1.82, 2.24) is 9.80 Å². The monoisotopic (exact) mass is 869 g/mol. The van der Waals surface area contributed by atoms with E-state index in [9.17, 15) is 30.0 Å². The van der Waals surface area contributed by atoms with Crippen molar-refractivity contribution in [2.75, 3.05) is 54.6 Å². The topological polar surface area (TPSA) is 186 Å². The van der Waals surface area contributed by atoms with Crippen LogP contribution in [0.5, 0.6) is 0 Å². The van der Waals surface area contributed by atoms with Gasteiger partial charge in [0.2, 0.25) is 0 Å². The predicted molar refractivity (Wildman–Crippen MR) is 229 cm³/mol. The molecule has 0 aromatic carbocycles. The summed E-state index contributed by atoms with van der Waals surface area (Å²) in [6.07, 6.45) is -2.96. The molecule has 61 heavy (non-hydrogen) atoms. The highest BCUT2D eigenvalue weighted by Crippen LogP contribution is 2.36. The maximum absolute atomic E-state index is 14.0. The van der Waals surface area contributed by atoms with Gasteiger partial charge < -0.3 is 63.4 Å². The third-order valence-electron chi connectivity index (χ3n) is 13.5. The van der Waals surface area contributed by atoms with Crippen molar-refractivity contribution in [2.45, 2.75) is 167 Å². The summed E-state index contributed by atoms with van der Waals surface area (Å²) < 4.78 is 42.6. The van der Waals surface area contributed by atoms with Gasteiger partial charge in [0.05, 0.1) is 49.6 Å². The number of methoxy groups -OCH3 is 2. The molecule has 0 saturated carbocycles. The zero-order valence-corrected chi connectivity index (χ0v) is 38.9. The van der Waals surface area contributed by atoms with Crippen LogP contribution >= 0.6 is 0 Å². The number of piperidine rings is 1. The summed E-state index contributed by atoms with van der Waals surface area (Å²) >= 11 is 0. The molecule has 4 N–H and O–H groups in total. The van der Waals surface area contributed by atoms with E-state index in [0.717, 1.165) is 25.2 Å². The van der Waals surface area contributed by atoms with Gasteiger partial charge in [0, 0.05) is 45.1 Å². The number of nitrogens with zero attached hydrogens (tertiary/aromatic N) is 2. The van der Waals surface area contributed by atoms with Crippen LogP contribution < -0.4 is 0 Å². The molecule has 3 saturated heterocycles. The molecule has 7 unspecified atom stereocenters. The van der Waals surface area contributed by atoms with E-state index in [2.05, 4.69) is 18.7 Å². The number of ketones is 1. The first-order valence-electron chi connectivity index (χ1n) is 22.6. The molecule has 19 atom stereocenters. The van der Waals surface area contributed by atoms with Gasteiger partial charge in [-0.2, -0.15) is 0 Å². The lowest BCUT2D eigenvalue weighted by molar-refractivity contribution is -0.304. The van der Waals surface area contributed by atoms with Gasteiger partial charge in [-0.3, -0.25) is 9.59 Å². The molecular formula is C46H80N2O13. The van der Waals surface area contributed by atoms with Gasteiger partial charge in [-0.1, -0.05) is 52.3 Å². The first-order chi connectivity index (χ1) is 28.8. The summed E-state index contributed by atoms with van der Waals surface area (Å²) in [5.74, 6) is -1.46. The van der Waals surface area contributed by atoms with E-state index < -0.39 is 103 Å². The smallest absolute Gasteiger partial charge is 0.308 e. The quantitative estimate of drug-likeness (QED) is 0.209. The van der Waals surface area contributed by atoms with E-state index in [0.29, 0.717) is 31.1 Å². The molecule has 0 bridgehead atoms. The Kier molecular flexibility index (Phi) is 20.3. The maximum Gasteiger partial charge on any atom is 0.308 e. The van der Waals surface area contributed by atoms with Gasteiger partial charge in [0.25, 0.3) is 0 Å². The molecule has 0 aromatic heterocycles. The molecule has 0 amide bonds. The van der Waals surface area contributed by atoms with Gasteiger partial charge in [-0.15, -0.1) is 0 Å². The van der Waals surface area contributed by atoms with Crippen LogP contribution in [0, 0.1) is 35.5 Å². The molecule has 4 aliphatic heterocycles. The van der Waals surface area contributed by atoms with Crippen LogP contribution in [0.2, 0.25) is 0 Å². The number of carbonyl (C=O) groups is 2. The van der Waals surface area contributed by atoms with E-state index in [4.69, 9.17) is 33.2 Å². The number of hydrogen-bond donors (Lipinski definition) is 4. The van der Waals surface area contributed by atoms with Gasteiger partial charge >= 0.3 is 5.97 Å². The zero-order chi connectivity index (χ0) is 45.3. The third-order valence-corrected chi connectivity index (χ3v) is 13.5. The Balaban J connectivity index is 1.68. The van der Waals surface area contributed by atoms with Crippen molar-refractivity contribution in [3.63, 3.8) is 0 Å². The molecule has 0 spiro atoms.